The van der Waals surface area contributed by atoms with E-state index in [1.807, 2.05) is 30.3 Å². The molecule has 0 aliphatic rings. The average molecular weight is 330 g/mol. The average Bonchev–Trinajstić information content (AvgIpc) is 2.56. The van der Waals surface area contributed by atoms with Crippen LogP contribution in [0.2, 0.25) is 0 Å². The number of hydrogen-bond donors (Lipinski definition) is 3. The Morgan fingerprint density at radius 3 is 2.29 bits per heavy atom. The lowest BCUT2D eigenvalue weighted by atomic mass is 10.0. The maximum absolute atomic E-state index is 13.7. The van der Waals surface area contributed by atoms with Gasteiger partial charge in [-0.25, -0.2) is 9.18 Å². The summed E-state index contributed by atoms with van der Waals surface area (Å²) in [5.41, 5.74) is 6.94. The molecule has 2 atom stereocenters. The lowest BCUT2D eigenvalue weighted by molar-refractivity contribution is -0.142. The van der Waals surface area contributed by atoms with Crippen molar-refractivity contribution in [3.8, 4) is 0 Å². The summed E-state index contributed by atoms with van der Waals surface area (Å²) in [6.45, 7) is 0. The summed E-state index contributed by atoms with van der Waals surface area (Å²) in [6, 6.07) is 12.9. The highest BCUT2D eigenvalue weighted by Crippen LogP contribution is 2.10. The minimum absolute atomic E-state index is 0.147. The van der Waals surface area contributed by atoms with Crippen LogP contribution in [-0.4, -0.2) is 29.1 Å². The SMILES string of the molecule is NC(Cc1ccccc1)C(=O)NC(Cc1ccccc1F)C(=O)O. The molecule has 2 aromatic carbocycles. The molecule has 0 aliphatic heterocycles. The Hall–Kier alpha value is -2.73. The normalized spacial score (nSPS) is 13.1. The monoisotopic (exact) mass is 330 g/mol. The summed E-state index contributed by atoms with van der Waals surface area (Å²) in [6.07, 6.45) is 0.143. The van der Waals surface area contributed by atoms with Gasteiger partial charge in [-0.3, -0.25) is 4.79 Å². The first-order chi connectivity index (χ1) is 11.5. The Morgan fingerprint density at radius 2 is 1.67 bits per heavy atom. The van der Waals surface area contributed by atoms with Crippen LogP contribution in [0.15, 0.2) is 54.6 Å². The van der Waals surface area contributed by atoms with Gasteiger partial charge in [0.1, 0.15) is 11.9 Å². The first-order valence-electron chi connectivity index (χ1n) is 7.53. The van der Waals surface area contributed by atoms with Crippen molar-refractivity contribution >= 4 is 11.9 Å². The van der Waals surface area contributed by atoms with Crippen LogP contribution in [0, 0.1) is 5.82 Å². The molecule has 2 aromatic rings. The summed E-state index contributed by atoms with van der Waals surface area (Å²) in [7, 11) is 0. The minimum Gasteiger partial charge on any atom is -0.480 e. The molecule has 5 nitrogen and oxygen atoms in total. The number of nitrogens with one attached hydrogen (secondary N) is 1. The molecule has 0 spiro atoms. The maximum Gasteiger partial charge on any atom is 0.326 e. The molecule has 4 N–H and O–H groups in total. The molecule has 0 bridgehead atoms. The van der Waals surface area contributed by atoms with Crippen LogP contribution in [0.25, 0.3) is 0 Å². The fourth-order valence-corrected chi connectivity index (χ4v) is 2.32. The van der Waals surface area contributed by atoms with E-state index in [0.717, 1.165) is 5.56 Å². The maximum atomic E-state index is 13.7. The first kappa shape index (κ1) is 17.6. The zero-order chi connectivity index (χ0) is 17.5. The van der Waals surface area contributed by atoms with Gasteiger partial charge in [0.15, 0.2) is 0 Å². The van der Waals surface area contributed by atoms with E-state index in [4.69, 9.17) is 5.73 Å². The third-order valence-corrected chi connectivity index (χ3v) is 3.63. The van der Waals surface area contributed by atoms with Crippen molar-refractivity contribution in [2.45, 2.75) is 24.9 Å². The van der Waals surface area contributed by atoms with Gasteiger partial charge in [0.05, 0.1) is 6.04 Å². The second-order valence-corrected chi connectivity index (χ2v) is 5.49. The minimum atomic E-state index is -1.24. The Bertz CT molecular complexity index is 706. The summed E-state index contributed by atoms with van der Waals surface area (Å²) >= 11 is 0. The van der Waals surface area contributed by atoms with Crippen molar-refractivity contribution in [3.05, 3.63) is 71.5 Å². The van der Waals surface area contributed by atoms with Crippen molar-refractivity contribution in [2.24, 2.45) is 5.73 Å². The second kappa shape index (κ2) is 8.21. The third-order valence-electron chi connectivity index (χ3n) is 3.63. The number of benzene rings is 2. The van der Waals surface area contributed by atoms with E-state index in [-0.39, 0.29) is 12.0 Å². The molecule has 0 heterocycles. The van der Waals surface area contributed by atoms with E-state index in [1.165, 1.54) is 18.2 Å². The molecule has 6 heteroatoms. The predicted molar refractivity (Wildman–Crippen MR) is 87.8 cm³/mol. The van der Waals surface area contributed by atoms with Crippen molar-refractivity contribution in [1.82, 2.24) is 5.32 Å². The van der Waals surface area contributed by atoms with E-state index >= 15 is 0 Å². The van der Waals surface area contributed by atoms with Gasteiger partial charge in [0, 0.05) is 6.42 Å². The highest BCUT2D eigenvalue weighted by molar-refractivity contribution is 5.87. The molecule has 0 radical (unpaired) electrons. The predicted octanol–water partition coefficient (Wildman–Crippen LogP) is 1.51. The van der Waals surface area contributed by atoms with Gasteiger partial charge in [0.25, 0.3) is 0 Å². The van der Waals surface area contributed by atoms with Gasteiger partial charge in [-0.05, 0) is 23.6 Å². The molecule has 0 saturated carbocycles. The van der Waals surface area contributed by atoms with E-state index in [9.17, 15) is 19.1 Å². The van der Waals surface area contributed by atoms with Crippen molar-refractivity contribution in [3.63, 3.8) is 0 Å². The molecular weight excluding hydrogens is 311 g/mol. The number of carbonyl (C=O) groups excluding carboxylic acids is 1. The Morgan fingerprint density at radius 1 is 1.04 bits per heavy atom. The van der Waals surface area contributed by atoms with Crippen LogP contribution >= 0.6 is 0 Å². The first-order valence-corrected chi connectivity index (χ1v) is 7.53. The van der Waals surface area contributed by atoms with Gasteiger partial charge < -0.3 is 16.2 Å². The standard InChI is InChI=1S/C18H19FN2O3/c19-14-9-5-4-8-13(14)11-16(18(23)24)21-17(22)15(20)10-12-6-2-1-3-7-12/h1-9,15-16H,10-11,20H2,(H,21,22)(H,23,24). The van der Waals surface area contributed by atoms with Crippen LogP contribution < -0.4 is 11.1 Å². The number of hydrogen-bond acceptors (Lipinski definition) is 3. The van der Waals surface area contributed by atoms with E-state index in [2.05, 4.69) is 5.32 Å². The smallest absolute Gasteiger partial charge is 0.326 e. The van der Waals surface area contributed by atoms with Gasteiger partial charge in [-0.2, -0.15) is 0 Å². The number of rotatable bonds is 7. The van der Waals surface area contributed by atoms with Gasteiger partial charge in [-0.15, -0.1) is 0 Å². The van der Waals surface area contributed by atoms with E-state index in [1.54, 1.807) is 6.07 Å². The van der Waals surface area contributed by atoms with Gasteiger partial charge >= 0.3 is 5.97 Å². The Labute approximate surface area is 139 Å². The Balaban J connectivity index is 2.00. The van der Waals surface area contributed by atoms with Crippen LogP contribution in [0.3, 0.4) is 0 Å². The number of carboxylic acids is 1. The molecule has 24 heavy (non-hydrogen) atoms. The molecule has 2 unspecified atom stereocenters. The summed E-state index contributed by atoms with van der Waals surface area (Å²) < 4.78 is 13.7. The summed E-state index contributed by atoms with van der Waals surface area (Å²) in [5.74, 6) is -2.33. The molecule has 0 fully saturated rings. The number of carboxylic acid groups (broad SMARTS) is 1. The number of amides is 1. The molecular formula is C18H19FN2O3. The topological polar surface area (TPSA) is 92.4 Å². The zero-order valence-electron chi connectivity index (χ0n) is 13.0. The number of aliphatic carboxylic acids is 1. The van der Waals surface area contributed by atoms with Crippen molar-refractivity contribution in [1.29, 1.82) is 0 Å². The largest absolute Gasteiger partial charge is 0.480 e. The molecule has 1 amide bonds. The van der Waals surface area contributed by atoms with E-state index in [0.29, 0.717) is 6.42 Å². The molecule has 0 saturated heterocycles. The number of nitrogens with two attached hydrogens (primary N) is 1. The van der Waals surface area contributed by atoms with Crippen molar-refractivity contribution < 1.29 is 19.1 Å². The van der Waals surface area contributed by atoms with Crippen LogP contribution in [0.5, 0.6) is 0 Å². The van der Waals surface area contributed by atoms with E-state index < -0.39 is 29.8 Å². The number of halogens is 1. The quantitative estimate of drug-likeness (QED) is 0.717. The summed E-state index contributed by atoms with van der Waals surface area (Å²) in [4.78, 5) is 23.5. The van der Waals surface area contributed by atoms with Crippen molar-refractivity contribution in [2.75, 3.05) is 0 Å². The lowest BCUT2D eigenvalue weighted by Gasteiger charge is -2.18. The molecule has 2 rings (SSSR count). The van der Waals surface area contributed by atoms with Crippen LogP contribution in [-0.2, 0) is 22.4 Å². The number of carbonyl (C=O) groups is 2. The highest BCUT2D eigenvalue weighted by atomic mass is 19.1. The zero-order valence-corrected chi connectivity index (χ0v) is 13.0. The second-order valence-electron chi connectivity index (χ2n) is 5.49. The highest BCUT2D eigenvalue weighted by Gasteiger charge is 2.24. The molecule has 0 aromatic heterocycles. The van der Waals surface area contributed by atoms with Crippen LogP contribution in [0.4, 0.5) is 4.39 Å². The van der Waals surface area contributed by atoms with Gasteiger partial charge in [-0.1, -0.05) is 48.5 Å². The van der Waals surface area contributed by atoms with Crippen LogP contribution in [0.1, 0.15) is 11.1 Å². The fraction of sp³-hybridized carbons (Fsp3) is 0.222. The summed E-state index contributed by atoms with van der Waals surface area (Å²) in [5, 5.41) is 11.6. The Kier molecular flexibility index (Phi) is 6.03. The molecule has 126 valence electrons. The fourth-order valence-electron chi connectivity index (χ4n) is 2.32. The van der Waals surface area contributed by atoms with Gasteiger partial charge in [0.2, 0.25) is 5.91 Å². The third kappa shape index (κ3) is 4.89. The lowest BCUT2D eigenvalue weighted by Crippen LogP contribution is -2.50. The molecule has 0 aliphatic carbocycles.